The molecule has 2 saturated heterocycles. The van der Waals surface area contributed by atoms with Gasteiger partial charge in [-0.15, -0.1) is 0 Å². The van der Waals surface area contributed by atoms with Crippen molar-refractivity contribution in [1.82, 2.24) is 10.6 Å². The van der Waals surface area contributed by atoms with Crippen molar-refractivity contribution in [2.75, 3.05) is 26.6 Å². The van der Waals surface area contributed by atoms with Crippen LogP contribution in [0.5, 0.6) is 0 Å². The zero-order chi connectivity index (χ0) is 19.1. The Hall–Kier alpha value is -2.28. The number of ether oxygens (including phenoxy) is 4. The van der Waals surface area contributed by atoms with E-state index in [0.717, 1.165) is 0 Å². The van der Waals surface area contributed by atoms with E-state index in [-0.39, 0.29) is 26.6 Å². The predicted octanol–water partition coefficient (Wildman–Crippen LogP) is -3.55. The smallest absolute Gasteiger partial charge is 0.315 e. The van der Waals surface area contributed by atoms with Crippen LogP contribution in [0.25, 0.3) is 0 Å². The summed E-state index contributed by atoms with van der Waals surface area (Å²) in [7, 11) is 0. The number of carbonyl (C=O) groups excluding carboxylic acids is 4. The first-order chi connectivity index (χ1) is 12.4. The molecule has 2 heterocycles. The maximum absolute atomic E-state index is 11.7. The second-order valence-electron chi connectivity index (χ2n) is 5.61. The van der Waals surface area contributed by atoms with Crippen LogP contribution in [0.4, 0.5) is 0 Å². The fourth-order valence-corrected chi connectivity index (χ4v) is 2.67. The molecule has 2 fully saturated rings. The zero-order valence-electron chi connectivity index (χ0n) is 14.0. The van der Waals surface area contributed by atoms with Crippen LogP contribution in [-0.4, -0.2) is 74.7 Å². The number of nitrogens with one attached hydrogen (secondary N) is 2. The number of amides is 2. The average molecular weight is 374 g/mol. The van der Waals surface area contributed by atoms with Crippen molar-refractivity contribution < 1.29 is 38.1 Å². The molecular weight excluding hydrogens is 352 g/mol. The lowest BCUT2D eigenvalue weighted by atomic mass is 10.1. The fourth-order valence-electron chi connectivity index (χ4n) is 2.67. The molecule has 0 aromatic heterocycles. The molecule has 4 atom stereocenters. The lowest BCUT2D eigenvalue weighted by Crippen LogP contribution is -2.38. The minimum atomic E-state index is -0.743. The molecule has 0 bridgehead atoms. The molecule has 2 rings (SSSR count). The summed E-state index contributed by atoms with van der Waals surface area (Å²) in [5.74, 6) is -2.59. The Labute approximate surface area is 148 Å². The van der Waals surface area contributed by atoms with Crippen molar-refractivity contribution in [1.29, 1.82) is 0 Å². The van der Waals surface area contributed by atoms with Gasteiger partial charge in [0.2, 0.25) is 11.8 Å². The molecule has 2 aliphatic rings. The first kappa shape index (κ1) is 20.0. The Morgan fingerprint density at radius 2 is 1.19 bits per heavy atom. The quantitative estimate of drug-likeness (QED) is 0.189. The van der Waals surface area contributed by atoms with E-state index < -0.39 is 61.0 Å². The molecule has 0 aromatic rings. The highest BCUT2D eigenvalue weighted by Gasteiger charge is 2.51. The second kappa shape index (κ2) is 9.43. The van der Waals surface area contributed by atoms with Crippen molar-refractivity contribution in [3.05, 3.63) is 0 Å². The molecule has 12 nitrogen and oxygen atoms in total. The molecule has 2 aliphatic heterocycles. The minimum absolute atomic E-state index is 0.0429. The standard InChI is InChI=1S/C14H22N4O8/c15-5-17-9(19)1-11(21)25-7-3-23-14-8(4-24-13(7)14)26-12(22)2-10(20)18-6-16/h7-8,13-14H,1-6,15-16H2,(H,17,19)(H,18,20)/t7-,8+,13?,14?. The number of hydrogen-bond donors (Lipinski definition) is 4. The van der Waals surface area contributed by atoms with Crippen LogP contribution in [0.2, 0.25) is 0 Å². The summed E-state index contributed by atoms with van der Waals surface area (Å²) < 4.78 is 21.3. The van der Waals surface area contributed by atoms with Crippen molar-refractivity contribution in [2.24, 2.45) is 11.5 Å². The molecule has 0 radical (unpaired) electrons. The summed E-state index contributed by atoms with van der Waals surface area (Å²) in [6.45, 7) is -0.0752. The fraction of sp³-hybridized carbons (Fsp3) is 0.714. The molecule has 0 saturated carbocycles. The van der Waals surface area contributed by atoms with Gasteiger partial charge in [0.25, 0.3) is 0 Å². The van der Waals surface area contributed by atoms with E-state index in [1.54, 1.807) is 0 Å². The molecule has 146 valence electrons. The highest BCUT2D eigenvalue weighted by molar-refractivity contribution is 5.94. The Kier molecular flexibility index (Phi) is 7.26. The van der Waals surface area contributed by atoms with Crippen molar-refractivity contribution in [3.8, 4) is 0 Å². The van der Waals surface area contributed by atoms with E-state index in [0.29, 0.717) is 0 Å². The summed E-state index contributed by atoms with van der Waals surface area (Å²) in [4.78, 5) is 46.1. The van der Waals surface area contributed by atoms with E-state index in [9.17, 15) is 19.2 Å². The van der Waals surface area contributed by atoms with E-state index in [1.165, 1.54) is 0 Å². The van der Waals surface area contributed by atoms with Gasteiger partial charge < -0.3 is 41.0 Å². The third kappa shape index (κ3) is 5.36. The summed E-state index contributed by atoms with van der Waals surface area (Å²) in [6, 6.07) is 0. The summed E-state index contributed by atoms with van der Waals surface area (Å²) in [5.41, 5.74) is 10.3. The first-order valence-electron chi connectivity index (χ1n) is 8.00. The van der Waals surface area contributed by atoms with Crippen LogP contribution in [0.15, 0.2) is 0 Å². The molecule has 2 amide bonds. The largest absolute Gasteiger partial charge is 0.457 e. The Bertz CT molecular complexity index is 509. The van der Waals surface area contributed by atoms with Gasteiger partial charge in [0, 0.05) is 0 Å². The third-order valence-corrected chi connectivity index (χ3v) is 3.74. The molecular formula is C14H22N4O8. The lowest BCUT2D eigenvalue weighted by molar-refractivity contribution is -0.156. The van der Waals surface area contributed by atoms with E-state index in [4.69, 9.17) is 30.4 Å². The van der Waals surface area contributed by atoms with E-state index >= 15 is 0 Å². The van der Waals surface area contributed by atoms with Crippen LogP contribution >= 0.6 is 0 Å². The van der Waals surface area contributed by atoms with Gasteiger partial charge in [-0.05, 0) is 0 Å². The van der Waals surface area contributed by atoms with Crippen LogP contribution < -0.4 is 22.1 Å². The van der Waals surface area contributed by atoms with Crippen molar-refractivity contribution >= 4 is 23.8 Å². The number of esters is 2. The van der Waals surface area contributed by atoms with Gasteiger partial charge >= 0.3 is 11.9 Å². The van der Waals surface area contributed by atoms with Gasteiger partial charge in [-0.1, -0.05) is 0 Å². The zero-order valence-corrected chi connectivity index (χ0v) is 14.0. The van der Waals surface area contributed by atoms with Crippen LogP contribution in [0, 0.1) is 0 Å². The maximum Gasteiger partial charge on any atom is 0.315 e. The Morgan fingerprint density at radius 1 is 0.808 bits per heavy atom. The monoisotopic (exact) mass is 374 g/mol. The summed E-state index contributed by atoms with van der Waals surface area (Å²) >= 11 is 0. The van der Waals surface area contributed by atoms with Gasteiger partial charge in [-0.25, -0.2) is 0 Å². The van der Waals surface area contributed by atoms with Crippen LogP contribution in [0.1, 0.15) is 12.8 Å². The minimum Gasteiger partial charge on any atom is -0.457 e. The molecule has 26 heavy (non-hydrogen) atoms. The van der Waals surface area contributed by atoms with Gasteiger partial charge in [0.1, 0.15) is 25.0 Å². The van der Waals surface area contributed by atoms with E-state index in [1.807, 2.05) is 0 Å². The normalized spacial score (nSPS) is 26.7. The number of rotatable bonds is 8. The summed E-state index contributed by atoms with van der Waals surface area (Å²) in [5, 5.41) is 4.56. The topological polar surface area (TPSA) is 181 Å². The number of nitrogens with two attached hydrogens (primary N) is 2. The number of hydrogen-bond acceptors (Lipinski definition) is 10. The SMILES string of the molecule is NCNC(=O)CC(=O)O[C@H]1COC2C1OC[C@H]2OC(=O)CC(=O)NCN. The first-order valence-corrected chi connectivity index (χ1v) is 8.00. The molecule has 0 aliphatic carbocycles. The number of fused-ring (bicyclic) bond motifs is 1. The van der Waals surface area contributed by atoms with Gasteiger partial charge in [-0.2, -0.15) is 0 Å². The van der Waals surface area contributed by atoms with Gasteiger partial charge in [0.05, 0.1) is 26.6 Å². The number of carbonyl (C=O) groups is 4. The molecule has 6 N–H and O–H groups in total. The van der Waals surface area contributed by atoms with Crippen molar-refractivity contribution in [3.63, 3.8) is 0 Å². The second-order valence-corrected chi connectivity index (χ2v) is 5.61. The van der Waals surface area contributed by atoms with Gasteiger partial charge in [0.15, 0.2) is 12.2 Å². The van der Waals surface area contributed by atoms with Crippen LogP contribution in [-0.2, 0) is 38.1 Å². The Balaban J connectivity index is 1.79. The average Bonchev–Trinajstić information content (AvgIpc) is 3.11. The van der Waals surface area contributed by atoms with E-state index in [2.05, 4.69) is 10.6 Å². The lowest BCUT2D eigenvalue weighted by Gasteiger charge is -2.17. The molecule has 0 aromatic carbocycles. The highest BCUT2D eigenvalue weighted by Crippen LogP contribution is 2.30. The highest BCUT2D eigenvalue weighted by atomic mass is 16.7. The third-order valence-electron chi connectivity index (χ3n) is 3.74. The maximum atomic E-state index is 11.7. The molecule has 12 heteroatoms. The van der Waals surface area contributed by atoms with Gasteiger partial charge in [-0.3, -0.25) is 19.2 Å². The van der Waals surface area contributed by atoms with Crippen LogP contribution in [0.3, 0.4) is 0 Å². The van der Waals surface area contributed by atoms with Crippen molar-refractivity contribution in [2.45, 2.75) is 37.3 Å². The molecule has 0 spiro atoms. The Morgan fingerprint density at radius 3 is 1.54 bits per heavy atom. The summed E-state index contributed by atoms with van der Waals surface area (Å²) in [6.07, 6.45) is -3.62. The predicted molar refractivity (Wildman–Crippen MR) is 82.9 cm³/mol. The molecule has 2 unspecified atom stereocenters.